The summed E-state index contributed by atoms with van der Waals surface area (Å²) in [5, 5.41) is 2.41. The fourth-order valence-electron chi connectivity index (χ4n) is 2.47. The highest BCUT2D eigenvalue weighted by molar-refractivity contribution is 5.86. The quantitative estimate of drug-likeness (QED) is 0.503. The fourth-order valence-corrected chi connectivity index (χ4v) is 2.47. The zero-order valence-electron chi connectivity index (χ0n) is 11.4. The van der Waals surface area contributed by atoms with Gasteiger partial charge in [0, 0.05) is 11.1 Å². The van der Waals surface area contributed by atoms with E-state index in [1.807, 2.05) is 48.5 Å². The molecule has 100 valence electrons. The predicted molar refractivity (Wildman–Crippen MR) is 84.9 cm³/mol. The molecule has 3 aromatic carbocycles. The van der Waals surface area contributed by atoms with E-state index >= 15 is 0 Å². The third kappa shape index (κ3) is 2.21. The molecule has 0 aliphatic carbocycles. The molecule has 0 N–H and O–H groups in total. The summed E-state index contributed by atoms with van der Waals surface area (Å²) < 4.78 is 5.64. The molecule has 2 nitrogen and oxygen atoms in total. The highest BCUT2D eigenvalue weighted by atomic mass is 16.3. The van der Waals surface area contributed by atoms with E-state index in [1.165, 1.54) is 10.8 Å². The predicted octanol–water partition coefficient (Wildman–Crippen LogP) is 5.16. The molecular formula is C19H13NO. The van der Waals surface area contributed by atoms with Gasteiger partial charge < -0.3 is 4.42 Å². The second-order valence-corrected chi connectivity index (χ2v) is 4.97. The highest BCUT2D eigenvalue weighted by Crippen LogP contribution is 2.27. The lowest BCUT2D eigenvalue weighted by Crippen LogP contribution is -1.80. The molecule has 0 aliphatic heterocycles. The maximum Gasteiger partial charge on any atom is 0.226 e. The van der Waals surface area contributed by atoms with Gasteiger partial charge in [-0.3, -0.25) is 0 Å². The van der Waals surface area contributed by atoms with Crippen molar-refractivity contribution in [1.29, 1.82) is 0 Å². The van der Waals surface area contributed by atoms with Crippen LogP contribution in [0.3, 0.4) is 0 Å². The first kappa shape index (κ1) is 11.9. The second kappa shape index (κ2) is 4.91. The molecule has 0 atom stereocenters. The van der Waals surface area contributed by atoms with Gasteiger partial charge in [-0.15, -0.1) is 0 Å². The Labute approximate surface area is 122 Å². The first-order valence-electron chi connectivity index (χ1n) is 6.90. The summed E-state index contributed by atoms with van der Waals surface area (Å²) in [6, 6.07) is 24.6. The average molecular weight is 271 g/mol. The van der Waals surface area contributed by atoms with E-state index in [2.05, 4.69) is 29.2 Å². The number of fused-ring (bicyclic) bond motifs is 1. The average Bonchev–Trinajstić information content (AvgIpc) is 3.05. The van der Waals surface area contributed by atoms with E-state index in [0.717, 1.165) is 16.8 Å². The highest BCUT2D eigenvalue weighted by Gasteiger charge is 2.08. The van der Waals surface area contributed by atoms with Gasteiger partial charge >= 0.3 is 0 Å². The summed E-state index contributed by atoms with van der Waals surface area (Å²) >= 11 is 0. The van der Waals surface area contributed by atoms with Crippen molar-refractivity contribution in [3.8, 4) is 22.7 Å². The molecule has 4 aromatic rings. The molecule has 0 spiro atoms. The van der Waals surface area contributed by atoms with E-state index < -0.39 is 0 Å². The van der Waals surface area contributed by atoms with E-state index in [0.29, 0.717) is 5.89 Å². The molecule has 0 saturated carbocycles. The molecule has 0 radical (unpaired) electrons. The van der Waals surface area contributed by atoms with Crippen LogP contribution in [0.2, 0.25) is 0 Å². The Kier molecular flexibility index (Phi) is 2.79. The van der Waals surface area contributed by atoms with Crippen LogP contribution in [-0.4, -0.2) is 4.98 Å². The number of hydrogen-bond donors (Lipinski definition) is 0. The molecule has 21 heavy (non-hydrogen) atoms. The van der Waals surface area contributed by atoms with E-state index in [9.17, 15) is 0 Å². The van der Waals surface area contributed by atoms with Crippen LogP contribution < -0.4 is 0 Å². The molecule has 0 aliphatic rings. The zero-order valence-corrected chi connectivity index (χ0v) is 11.4. The number of oxazole rings is 1. The van der Waals surface area contributed by atoms with Gasteiger partial charge in [0.25, 0.3) is 0 Å². The van der Waals surface area contributed by atoms with Crippen molar-refractivity contribution in [3.05, 3.63) is 79.1 Å². The minimum absolute atomic E-state index is 0.652. The lowest BCUT2D eigenvalue weighted by atomic mass is 10.1. The van der Waals surface area contributed by atoms with Crippen LogP contribution in [0.25, 0.3) is 33.5 Å². The van der Waals surface area contributed by atoms with Gasteiger partial charge in [0.1, 0.15) is 12.0 Å². The van der Waals surface area contributed by atoms with Gasteiger partial charge in [-0.1, -0.05) is 60.7 Å². The Balaban J connectivity index is 1.77. The van der Waals surface area contributed by atoms with Crippen molar-refractivity contribution in [2.45, 2.75) is 0 Å². The second-order valence-electron chi connectivity index (χ2n) is 4.97. The molecule has 1 heterocycles. The van der Waals surface area contributed by atoms with Crippen LogP contribution in [-0.2, 0) is 0 Å². The van der Waals surface area contributed by atoms with E-state index in [1.54, 1.807) is 6.26 Å². The minimum atomic E-state index is 0.652. The molecule has 0 unspecified atom stereocenters. The summed E-state index contributed by atoms with van der Waals surface area (Å²) in [4.78, 5) is 4.59. The van der Waals surface area contributed by atoms with Gasteiger partial charge in [0.2, 0.25) is 5.89 Å². The molecule has 2 heteroatoms. The lowest BCUT2D eigenvalue weighted by molar-refractivity contribution is 0.575. The lowest BCUT2D eigenvalue weighted by Gasteiger charge is -1.99. The van der Waals surface area contributed by atoms with Crippen molar-refractivity contribution in [2.24, 2.45) is 0 Å². The Hall–Kier alpha value is -2.87. The van der Waals surface area contributed by atoms with Crippen molar-refractivity contribution < 1.29 is 4.42 Å². The molecular weight excluding hydrogens is 258 g/mol. The Bertz CT molecular complexity index is 894. The van der Waals surface area contributed by atoms with Crippen LogP contribution in [0.4, 0.5) is 0 Å². The van der Waals surface area contributed by atoms with Gasteiger partial charge in [-0.05, 0) is 22.9 Å². The smallest absolute Gasteiger partial charge is 0.226 e. The van der Waals surface area contributed by atoms with Crippen LogP contribution >= 0.6 is 0 Å². The fraction of sp³-hybridized carbons (Fsp3) is 0. The van der Waals surface area contributed by atoms with Gasteiger partial charge in [0.05, 0.1) is 0 Å². The maximum atomic E-state index is 5.64. The van der Waals surface area contributed by atoms with Crippen molar-refractivity contribution in [1.82, 2.24) is 4.98 Å². The molecule has 0 saturated heterocycles. The van der Waals surface area contributed by atoms with Crippen molar-refractivity contribution >= 4 is 10.8 Å². The summed E-state index contributed by atoms with van der Waals surface area (Å²) in [6.45, 7) is 0. The Morgan fingerprint density at radius 2 is 1.43 bits per heavy atom. The zero-order chi connectivity index (χ0) is 14.1. The molecule has 0 bridgehead atoms. The van der Waals surface area contributed by atoms with Crippen LogP contribution in [0, 0.1) is 0 Å². The molecule has 0 fully saturated rings. The summed E-state index contributed by atoms with van der Waals surface area (Å²) in [7, 11) is 0. The van der Waals surface area contributed by atoms with Gasteiger partial charge in [-0.25, -0.2) is 4.98 Å². The topological polar surface area (TPSA) is 26.0 Å². The molecule has 0 amide bonds. The summed E-state index contributed by atoms with van der Waals surface area (Å²) in [5.41, 5.74) is 2.92. The normalized spacial score (nSPS) is 10.9. The number of benzene rings is 3. The molecule has 4 rings (SSSR count). The number of hydrogen-bond acceptors (Lipinski definition) is 2. The third-order valence-corrected chi connectivity index (χ3v) is 3.57. The Morgan fingerprint density at radius 3 is 2.29 bits per heavy atom. The van der Waals surface area contributed by atoms with Crippen LogP contribution in [0.5, 0.6) is 0 Å². The minimum Gasteiger partial charge on any atom is -0.444 e. The van der Waals surface area contributed by atoms with E-state index in [4.69, 9.17) is 4.42 Å². The molecule has 1 aromatic heterocycles. The monoisotopic (exact) mass is 271 g/mol. The standard InChI is InChI=1S/C19H13NO/c1-2-7-15(8-3-1)18-13-21-19(20-18)17-11-10-14-6-4-5-9-16(14)12-17/h1-13H. The van der Waals surface area contributed by atoms with Crippen molar-refractivity contribution in [3.63, 3.8) is 0 Å². The van der Waals surface area contributed by atoms with Gasteiger partial charge in [0.15, 0.2) is 0 Å². The third-order valence-electron chi connectivity index (χ3n) is 3.57. The number of rotatable bonds is 2. The van der Waals surface area contributed by atoms with Gasteiger partial charge in [-0.2, -0.15) is 0 Å². The van der Waals surface area contributed by atoms with Crippen LogP contribution in [0.15, 0.2) is 83.5 Å². The van der Waals surface area contributed by atoms with Crippen LogP contribution in [0.1, 0.15) is 0 Å². The SMILES string of the molecule is c1ccc(-c2coc(-c3ccc4ccccc4c3)n2)cc1. The first-order chi connectivity index (χ1) is 10.4. The first-order valence-corrected chi connectivity index (χ1v) is 6.90. The van der Waals surface area contributed by atoms with Crippen molar-refractivity contribution in [2.75, 3.05) is 0 Å². The maximum absolute atomic E-state index is 5.64. The summed E-state index contributed by atoms with van der Waals surface area (Å²) in [5.74, 6) is 0.652. The summed E-state index contributed by atoms with van der Waals surface area (Å²) in [6.07, 6.45) is 1.71. The number of aromatic nitrogens is 1. The van der Waals surface area contributed by atoms with E-state index in [-0.39, 0.29) is 0 Å². The largest absolute Gasteiger partial charge is 0.444 e. The Morgan fingerprint density at radius 1 is 0.667 bits per heavy atom. The number of nitrogens with zero attached hydrogens (tertiary/aromatic N) is 1.